The van der Waals surface area contributed by atoms with Crippen LogP contribution in [0.1, 0.15) is 23.9 Å². The fourth-order valence-corrected chi connectivity index (χ4v) is 2.38. The molecule has 4 heteroatoms. The van der Waals surface area contributed by atoms with Gasteiger partial charge in [0.05, 0.1) is 16.5 Å². The van der Waals surface area contributed by atoms with Gasteiger partial charge in [-0.1, -0.05) is 23.3 Å². The van der Waals surface area contributed by atoms with E-state index in [1.165, 1.54) is 0 Å². The number of nitrogens with zero attached hydrogens (tertiary/aromatic N) is 1. The Morgan fingerprint density at radius 1 is 1.32 bits per heavy atom. The number of ether oxygens (including phenoxy) is 1. The van der Waals surface area contributed by atoms with Crippen LogP contribution in [0.15, 0.2) is 29.0 Å². The molecule has 0 atom stereocenters. The first-order valence-corrected chi connectivity index (χ1v) is 6.34. The molecule has 0 saturated heterocycles. The average Bonchev–Trinajstić information content (AvgIpc) is 2.63. The number of allylic oxidation sites excluding steroid dienone is 1. The average molecular weight is 278 g/mol. The minimum atomic E-state index is 0.554. The van der Waals surface area contributed by atoms with Gasteiger partial charge in [-0.05, 0) is 51.0 Å². The molecule has 1 aromatic heterocycles. The molecule has 0 bridgehead atoms. The molecule has 0 amide bonds. The molecule has 0 fully saturated rings. The molecule has 3 nitrogen and oxygen atoms in total. The first-order chi connectivity index (χ1) is 8.90. The molecule has 0 aliphatic heterocycles. The molecule has 0 unspecified atom stereocenters. The standard InChI is InChI=1S/C15H16ClNO2/c1-8(2)18-15-9(3)6-12(7-13(15)16)14-10(4)17-19-11(14)5/h6-7H,1H2,2-5H3. The predicted octanol–water partition coefficient (Wildman–Crippen LogP) is 4.83. The van der Waals surface area contributed by atoms with Crippen molar-refractivity contribution in [2.45, 2.75) is 27.7 Å². The highest BCUT2D eigenvalue weighted by Gasteiger charge is 2.15. The van der Waals surface area contributed by atoms with Gasteiger partial charge in [0.2, 0.25) is 0 Å². The molecule has 2 rings (SSSR count). The largest absolute Gasteiger partial charge is 0.461 e. The van der Waals surface area contributed by atoms with Crippen LogP contribution in [0.4, 0.5) is 0 Å². The summed E-state index contributed by atoms with van der Waals surface area (Å²) in [7, 11) is 0. The summed E-state index contributed by atoms with van der Waals surface area (Å²) in [6.07, 6.45) is 0. The first-order valence-electron chi connectivity index (χ1n) is 5.97. The van der Waals surface area contributed by atoms with Crippen molar-refractivity contribution in [2.75, 3.05) is 0 Å². The molecule has 1 aromatic carbocycles. The zero-order valence-electron chi connectivity index (χ0n) is 11.5. The Morgan fingerprint density at radius 2 is 2.00 bits per heavy atom. The zero-order chi connectivity index (χ0) is 14.2. The molecule has 0 spiro atoms. The Morgan fingerprint density at radius 3 is 2.47 bits per heavy atom. The number of hydrogen-bond acceptors (Lipinski definition) is 3. The van der Waals surface area contributed by atoms with Crippen LogP contribution in [0.2, 0.25) is 5.02 Å². The van der Waals surface area contributed by atoms with Crippen molar-refractivity contribution in [3.05, 3.63) is 46.5 Å². The summed E-state index contributed by atoms with van der Waals surface area (Å²) in [5, 5.41) is 4.51. The molecule has 2 aromatic rings. The van der Waals surface area contributed by atoms with E-state index in [1.807, 2.05) is 32.9 Å². The van der Waals surface area contributed by atoms with Gasteiger partial charge in [-0.3, -0.25) is 0 Å². The van der Waals surface area contributed by atoms with Gasteiger partial charge in [0.25, 0.3) is 0 Å². The fraction of sp³-hybridized carbons (Fsp3) is 0.267. The van der Waals surface area contributed by atoms with Gasteiger partial charge in [0, 0.05) is 5.56 Å². The van der Waals surface area contributed by atoms with Crippen molar-refractivity contribution in [3.8, 4) is 16.9 Å². The van der Waals surface area contributed by atoms with Crippen molar-refractivity contribution in [1.82, 2.24) is 5.16 Å². The Hall–Kier alpha value is -1.74. The summed E-state index contributed by atoms with van der Waals surface area (Å²) in [6, 6.07) is 3.87. The molecule has 0 aliphatic rings. The van der Waals surface area contributed by atoms with Crippen molar-refractivity contribution >= 4 is 11.6 Å². The second kappa shape index (κ2) is 5.10. The van der Waals surface area contributed by atoms with Crippen LogP contribution < -0.4 is 4.74 Å². The lowest BCUT2D eigenvalue weighted by Gasteiger charge is -2.12. The molecular formula is C15H16ClNO2. The topological polar surface area (TPSA) is 35.3 Å². The summed E-state index contributed by atoms with van der Waals surface area (Å²) in [5.74, 6) is 2.03. The molecule has 0 saturated carbocycles. The van der Waals surface area contributed by atoms with E-state index in [2.05, 4.69) is 11.7 Å². The van der Waals surface area contributed by atoms with Crippen molar-refractivity contribution < 1.29 is 9.26 Å². The lowest BCUT2D eigenvalue weighted by atomic mass is 10.0. The maximum absolute atomic E-state index is 6.28. The normalized spacial score (nSPS) is 10.6. The summed E-state index contributed by atoms with van der Waals surface area (Å²) in [4.78, 5) is 0. The first kappa shape index (κ1) is 13.7. The van der Waals surface area contributed by atoms with Gasteiger partial charge in [0.1, 0.15) is 11.5 Å². The molecule has 19 heavy (non-hydrogen) atoms. The molecule has 0 radical (unpaired) electrons. The van der Waals surface area contributed by atoms with Gasteiger partial charge in [-0.15, -0.1) is 0 Å². The van der Waals surface area contributed by atoms with Crippen LogP contribution >= 0.6 is 11.6 Å². The van der Waals surface area contributed by atoms with E-state index in [4.69, 9.17) is 20.9 Å². The summed E-state index contributed by atoms with van der Waals surface area (Å²) < 4.78 is 10.7. The van der Waals surface area contributed by atoms with Gasteiger partial charge in [-0.25, -0.2) is 0 Å². The smallest absolute Gasteiger partial charge is 0.148 e. The van der Waals surface area contributed by atoms with Crippen LogP contribution in [-0.4, -0.2) is 5.16 Å². The van der Waals surface area contributed by atoms with E-state index in [0.29, 0.717) is 16.5 Å². The third-order valence-corrected chi connectivity index (χ3v) is 3.11. The number of aryl methyl sites for hydroxylation is 3. The molecule has 1 heterocycles. The maximum atomic E-state index is 6.28. The van der Waals surface area contributed by atoms with Gasteiger partial charge in [0.15, 0.2) is 0 Å². The number of rotatable bonds is 3. The summed E-state index contributed by atoms with van der Waals surface area (Å²) >= 11 is 6.28. The number of benzene rings is 1. The zero-order valence-corrected chi connectivity index (χ0v) is 12.3. The minimum Gasteiger partial charge on any atom is -0.461 e. The Bertz CT molecular complexity index is 601. The SMILES string of the molecule is C=C(C)Oc1c(C)cc(-c2c(C)noc2C)cc1Cl. The van der Waals surface area contributed by atoms with Crippen molar-refractivity contribution in [2.24, 2.45) is 0 Å². The van der Waals surface area contributed by atoms with E-state index in [0.717, 1.165) is 28.1 Å². The lowest BCUT2D eigenvalue weighted by molar-refractivity contribution is 0.393. The predicted molar refractivity (Wildman–Crippen MR) is 76.6 cm³/mol. The second-order valence-electron chi connectivity index (χ2n) is 4.61. The van der Waals surface area contributed by atoms with Crippen LogP contribution in [-0.2, 0) is 0 Å². The Balaban J connectivity index is 2.54. The molecule has 0 N–H and O–H groups in total. The molecular weight excluding hydrogens is 262 g/mol. The minimum absolute atomic E-state index is 0.554. The van der Waals surface area contributed by atoms with Crippen LogP contribution in [0.3, 0.4) is 0 Å². The third-order valence-electron chi connectivity index (χ3n) is 2.83. The van der Waals surface area contributed by atoms with Gasteiger partial charge >= 0.3 is 0 Å². The van der Waals surface area contributed by atoms with Gasteiger partial charge in [-0.2, -0.15) is 0 Å². The third kappa shape index (κ3) is 2.66. The highest BCUT2D eigenvalue weighted by Crippen LogP contribution is 2.36. The van der Waals surface area contributed by atoms with Crippen LogP contribution in [0, 0.1) is 20.8 Å². The van der Waals surface area contributed by atoms with E-state index < -0.39 is 0 Å². The fourth-order valence-electron chi connectivity index (χ4n) is 2.07. The molecule has 100 valence electrons. The number of hydrogen-bond donors (Lipinski definition) is 0. The van der Waals surface area contributed by atoms with Crippen molar-refractivity contribution in [3.63, 3.8) is 0 Å². The summed E-state index contributed by atoms with van der Waals surface area (Å²) in [5.41, 5.74) is 3.76. The van der Waals surface area contributed by atoms with E-state index in [-0.39, 0.29) is 0 Å². The Kier molecular flexibility index (Phi) is 3.67. The van der Waals surface area contributed by atoms with Crippen LogP contribution in [0.5, 0.6) is 5.75 Å². The Labute approximate surface area is 117 Å². The highest BCUT2D eigenvalue weighted by atomic mass is 35.5. The monoisotopic (exact) mass is 277 g/mol. The van der Waals surface area contributed by atoms with E-state index >= 15 is 0 Å². The summed E-state index contributed by atoms with van der Waals surface area (Å²) in [6.45, 7) is 11.3. The number of halogens is 1. The number of aromatic nitrogens is 1. The second-order valence-corrected chi connectivity index (χ2v) is 5.01. The van der Waals surface area contributed by atoms with E-state index in [9.17, 15) is 0 Å². The van der Waals surface area contributed by atoms with Crippen molar-refractivity contribution in [1.29, 1.82) is 0 Å². The maximum Gasteiger partial charge on any atom is 0.148 e. The van der Waals surface area contributed by atoms with Gasteiger partial charge < -0.3 is 9.26 Å². The van der Waals surface area contributed by atoms with E-state index in [1.54, 1.807) is 6.92 Å². The van der Waals surface area contributed by atoms with Crippen LogP contribution in [0.25, 0.3) is 11.1 Å². The molecule has 0 aliphatic carbocycles. The highest BCUT2D eigenvalue weighted by molar-refractivity contribution is 6.32. The lowest BCUT2D eigenvalue weighted by Crippen LogP contribution is -1.94. The quantitative estimate of drug-likeness (QED) is 0.754.